The van der Waals surface area contributed by atoms with Gasteiger partial charge in [-0.05, 0) is 73.2 Å². The van der Waals surface area contributed by atoms with E-state index >= 15 is 0 Å². The number of para-hydroxylation sites is 4. The Morgan fingerprint density at radius 2 is 0.979 bits per heavy atom. The van der Waals surface area contributed by atoms with E-state index in [1.807, 2.05) is 97.1 Å². The van der Waals surface area contributed by atoms with Crippen LogP contribution in [-0.4, -0.2) is 9.97 Å². The van der Waals surface area contributed by atoms with E-state index < -0.39 is 0 Å². The third kappa shape index (κ3) is 6.07. The second kappa shape index (κ2) is 13.7. The van der Waals surface area contributed by atoms with Crippen LogP contribution >= 0.6 is 0 Å². The van der Waals surface area contributed by atoms with Crippen molar-refractivity contribution in [2.24, 2.45) is 0 Å². The van der Waals surface area contributed by atoms with E-state index in [2.05, 4.69) is 88.7 Å². The van der Waals surface area contributed by atoms with Gasteiger partial charge >= 0.3 is 0 Å². The first kappa shape index (κ1) is 29.9. The van der Waals surface area contributed by atoms with Gasteiger partial charge in [0.05, 0.1) is 5.69 Å². The van der Waals surface area contributed by atoms with Crippen molar-refractivity contribution in [2.75, 3.05) is 9.80 Å². The summed E-state index contributed by atoms with van der Waals surface area (Å²) in [6.45, 7) is 0. The Hall–Kier alpha value is -6.76. The number of nitriles is 2. The molecule has 0 amide bonds. The van der Waals surface area contributed by atoms with Crippen LogP contribution in [0.3, 0.4) is 0 Å². The van der Waals surface area contributed by atoms with Gasteiger partial charge in [0.2, 0.25) is 0 Å². The molecule has 7 rings (SSSR count). The highest BCUT2D eigenvalue weighted by Crippen LogP contribution is 2.37. The molecule has 0 saturated carbocycles. The van der Waals surface area contributed by atoms with Crippen LogP contribution in [-0.2, 0) is 0 Å². The van der Waals surface area contributed by atoms with Crippen LogP contribution in [0.15, 0.2) is 170 Å². The van der Waals surface area contributed by atoms with Crippen molar-refractivity contribution in [1.29, 1.82) is 10.5 Å². The Balaban J connectivity index is 1.19. The van der Waals surface area contributed by atoms with Gasteiger partial charge < -0.3 is 9.80 Å². The number of aromatic nitrogens is 2. The average Bonchev–Trinajstić information content (AvgIpc) is 3.17. The lowest BCUT2D eigenvalue weighted by molar-refractivity contribution is 0.789. The first-order chi connectivity index (χ1) is 23.7. The third-order valence-electron chi connectivity index (χ3n) is 8.28. The van der Waals surface area contributed by atoms with Crippen molar-refractivity contribution in [2.45, 2.75) is 12.3 Å². The summed E-state index contributed by atoms with van der Waals surface area (Å²) in [5.74, 6) is -0.196. The predicted octanol–water partition coefficient (Wildman–Crippen LogP) is 10.1. The van der Waals surface area contributed by atoms with Gasteiger partial charge in [0.25, 0.3) is 0 Å². The van der Waals surface area contributed by atoms with Crippen LogP contribution in [0, 0.1) is 22.7 Å². The Labute approximate surface area is 280 Å². The molecule has 0 radical (unpaired) electrons. The zero-order valence-corrected chi connectivity index (χ0v) is 26.1. The van der Waals surface area contributed by atoms with Gasteiger partial charge in [0, 0.05) is 45.6 Å². The molecule has 228 valence electrons. The van der Waals surface area contributed by atoms with E-state index in [4.69, 9.17) is 9.97 Å². The molecule has 6 aromatic rings. The molecule has 1 aliphatic carbocycles. The van der Waals surface area contributed by atoms with Crippen LogP contribution in [0.1, 0.15) is 29.4 Å². The van der Waals surface area contributed by atoms with Crippen molar-refractivity contribution in [1.82, 2.24) is 9.97 Å². The fraction of sp³-hybridized carbons (Fsp3) is 0.0476. The van der Waals surface area contributed by atoms with E-state index in [1.165, 1.54) is 0 Å². The van der Waals surface area contributed by atoms with Gasteiger partial charge in [0.1, 0.15) is 17.8 Å². The SMILES string of the molecule is N#Cc1nc(C2C=CC(N(c3ccccc3)c3ccccc3)=CC2)c(C#N)nc1-c1ccc(N(c2ccccc2)c2ccccc2)cc1. The monoisotopic (exact) mass is 618 g/mol. The topological polar surface area (TPSA) is 79.8 Å². The fourth-order valence-electron chi connectivity index (χ4n) is 6.02. The molecule has 1 heterocycles. The largest absolute Gasteiger partial charge is 0.311 e. The minimum atomic E-state index is -0.196. The Kier molecular flexibility index (Phi) is 8.54. The van der Waals surface area contributed by atoms with Crippen LogP contribution in [0.25, 0.3) is 11.3 Å². The van der Waals surface area contributed by atoms with E-state index in [0.29, 0.717) is 17.8 Å². The molecule has 48 heavy (non-hydrogen) atoms. The molecular formula is C42H30N6. The van der Waals surface area contributed by atoms with Gasteiger partial charge in [-0.1, -0.05) is 97.1 Å². The number of anilines is 5. The second-order valence-corrected chi connectivity index (χ2v) is 11.3. The summed E-state index contributed by atoms with van der Waals surface area (Å²) in [4.78, 5) is 13.8. The van der Waals surface area contributed by atoms with E-state index in [0.717, 1.165) is 39.7 Å². The normalized spacial score (nSPS) is 13.5. The van der Waals surface area contributed by atoms with Crippen molar-refractivity contribution in [3.63, 3.8) is 0 Å². The van der Waals surface area contributed by atoms with Gasteiger partial charge in [-0.3, -0.25) is 0 Å². The molecule has 0 spiro atoms. The summed E-state index contributed by atoms with van der Waals surface area (Å²) >= 11 is 0. The molecule has 0 N–H and O–H groups in total. The smallest absolute Gasteiger partial charge is 0.167 e. The lowest BCUT2D eigenvalue weighted by Gasteiger charge is -2.29. The van der Waals surface area contributed by atoms with E-state index in [-0.39, 0.29) is 17.3 Å². The van der Waals surface area contributed by atoms with E-state index in [9.17, 15) is 10.5 Å². The van der Waals surface area contributed by atoms with Crippen molar-refractivity contribution < 1.29 is 0 Å². The highest BCUT2D eigenvalue weighted by Gasteiger charge is 2.24. The number of rotatable bonds is 8. The van der Waals surface area contributed by atoms with Crippen LogP contribution in [0.2, 0.25) is 0 Å². The maximum absolute atomic E-state index is 10.2. The summed E-state index contributed by atoms with van der Waals surface area (Å²) < 4.78 is 0. The van der Waals surface area contributed by atoms with E-state index in [1.54, 1.807) is 0 Å². The molecule has 1 atom stereocenters. The summed E-state index contributed by atoms with van der Waals surface area (Å²) in [7, 11) is 0. The summed E-state index contributed by atoms with van der Waals surface area (Å²) in [6.07, 6.45) is 6.87. The van der Waals surface area contributed by atoms with Gasteiger partial charge in [0.15, 0.2) is 11.4 Å². The molecule has 1 aliphatic rings. The number of nitrogens with zero attached hydrogens (tertiary/aromatic N) is 6. The highest BCUT2D eigenvalue weighted by molar-refractivity contribution is 5.78. The minimum Gasteiger partial charge on any atom is -0.311 e. The molecular weight excluding hydrogens is 589 g/mol. The molecule has 0 saturated heterocycles. The first-order valence-electron chi connectivity index (χ1n) is 15.7. The lowest BCUT2D eigenvalue weighted by Crippen LogP contribution is -2.18. The fourth-order valence-corrected chi connectivity index (χ4v) is 6.02. The summed E-state index contributed by atoms with van der Waals surface area (Å²) in [5.41, 5.74) is 8.16. The molecule has 0 bridgehead atoms. The zero-order valence-electron chi connectivity index (χ0n) is 26.1. The van der Waals surface area contributed by atoms with Crippen molar-refractivity contribution in [3.8, 4) is 23.4 Å². The van der Waals surface area contributed by atoms with Crippen LogP contribution in [0.4, 0.5) is 28.4 Å². The zero-order chi connectivity index (χ0) is 32.7. The molecule has 6 nitrogen and oxygen atoms in total. The van der Waals surface area contributed by atoms with Gasteiger partial charge in [-0.15, -0.1) is 0 Å². The molecule has 0 fully saturated rings. The Morgan fingerprint density at radius 3 is 1.42 bits per heavy atom. The summed E-state index contributed by atoms with van der Waals surface area (Å²) in [6, 6.07) is 53.1. The molecule has 0 aliphatic heterocycles. The number of benzene rings is 5. The average molecular weight is 619 g/mol. The Morgan fingerprint density at radius 1 is 0.521 bits per heavy atom. The number of allylic oxidation sites excluding steroid dienone is 3. The lowest BCUT2D eigenvalue weighted by atomic mass is 9.93. The quantitative estimate of drug-likeness (QED) is 0.169. The maximum atomic E-state index is 10.2. The molecule has 6 heteroatoms. The second-order valence-electron chi connectivity index (χ2n) is 11.3. The van der Waals surface area contributed by atoms with Crippen molar-refractivity contribution in [3.05, 3.63) is 187 Å². The Bertz CT molecular complexity index is 2080. The third-order valence-corrected chi connectivity index (χ3v) is 8.28. The van der Waals surface area contributed by atoms with Crippen LogP contribution in [0.5, 0.6) is 0 Å². The minimum absolute atomic E-state index is 0.193. The van der Waals surface area contributed by atoms with Crippen LogP contribution < -0.4 is 9.80 Å². The number of hydrogen-bond acceptors (Lipinski definition) is 6. The first-order valence-corrected chi connectivity index (χ1v) is 15.7. The number of hydrogen-bond donors (Lipinski definition) is 0. The predicted molar refractivity (Wildman–Crippen MR) is 191 cm³/mol. The summed E-state index contributed by atoms with van der Waals surface area (Å²) in [5, 5.41) is 20.4. The molecule has 5 aromatic carbocycles. The van der Waals surface area contributed by atoms with Gasteiger partial charge in [-0.2, -0.15) is 10.5 Å². The maximum Gasteiger partial charge on any atom is 0.167 e. The van der Waals surface area contributed by atoms with Gasteiger partial charge in [-0.25, -0.2) is 9.97 Å². The standard InChI is InChI=1S/C42H30N6/c43-29-39-41(31-21-25-37(26-22-31)47(33-13-5-1-6-14-33)34-15-7-2-8-16-34)45-40(30-44)42(46-39)32-23-27-38(28-24-32)48(35-17-9-3-10-18-35)36-19-11-4-12-20-36/h1-23,25-28,32H,24H2. The van der Waals surface area contributed by atoms with Crippen molar-refractivity contribution >= 4 is 28.4 Å². The molecule has 1 aromatic heterocycles. The highest BCUT2D eigenvalue weighted by atomic mass is 15.1. The molecule has 1 unspecified atom stereocenters.